The van der Waals surface area contributed by atoms with E-state index in [0.717, 1.165) is 49.7 Å². The molecule has 2 rings (SSSR count). The molecule has 0 aliphatic heterocycles. The molecule has 0 aromatic heterocycles. The van der Waals surface area contributed by atoms with Crippen LogP contribution in [0, 0.1) is 22.7 Å². The van der Waals surface area contributed by atoms with E-state index in [0.29, 0.717) is 0 Å². The molecule has 0 aliphatic carbocycles. The van der Waals surface area contributed by atoms with E-state index in [1.807, 2.05) is 98.7 Å². The van der Waals surface area contributed by atoms with Crippen LogP contribution in [0.3, 0.4) is 0 Å². The van der Waals surface area contributed by atoms with Crippen LogP contribution in [0.5, 0.6) is 0 Å². The average Bonchev–Trinajstić information content (AvgIpc) is 2.77. The molecule has 0 N–H and O–H groups in total. The summed E-state index contributed by atoms with van der Waals surface area (Å²) in [7, 11) is 7.92. The summed E-state index contributed by atoms with van der Waals surface area (Å²) < 4.78 is 0. The second-order valence-electron chi connectivity index (χ2n) is 8.38. The maximum absolute atomic E-state index is 10.00. The van der Waals surface area contributed by atoms with Crippen molar-refractivity contribution < 1.29 is 0 Å². The lowest BCUT2D eigenvalue weighted by molar-refractivity contribution is 0.191. The van der Waals surface area contributed by atoms with Gasteiger partial charge in [-0.3, -0.25) is 9.80 Å². The monoisotopic (exact) mass is 402 g/mol. The Morgan fingerprint density at radius 2 is 0.933 bits per heavy atom. The third-order valence-electron chi connectivity index (χ3n) is 6.23. The zero-order chi connectivity index (χ0) is 22.0. The molecule has 0 heterocycles. The largest absolute Gasteiger partial charge is 0.288 e. The lowest BCUT2D eigenvalue weighted by atomic mass is 9.83. The van der Waals surface area contributed by atoms with E-state index in [9.17, 15) is 10.5 Å². The Hall–Kier alpha value is -2.66. The number of nitrogens with zero attached hydrogens (tertiary/aromatic N) is 4. The van der Waals surface area contributed by atoms with Crippen molar-refractivity contribution in [1.29, 1.82) is 10.5 Å². The Bertz CT molecular complexity index is 775. The fraction of sp³-hybridized carbons (Fsp3) is 0.462. The van der Waals surface area contributed by atoms with Gasteiger partial charge in [0.1, 0.15) is 11.1 Å². The average molecular weight is 403 g/mol. The second-order valence-corrected chi connectivity index (χ2v) is 8.38. The van der Waals surface area contributed by atoms with Gasteiger partial charge < -0.3 is 0 Å². The van der Waals surface area contributed by atoms with Gasteiger partial charge in [-0.05, 0) is 52.2 Å². The Balaban J connectivity index is 1.95. The minimum absolute atomic E-state index is 0.592. The third kappa shape index (κ3) is 5.08. The van der Waals surface area contributed by atoms with E-state index >= 15 is 0 Å². The van der Waals surface area contributed by atoms with Crippen LogP contribution in [-0.2, 0) is 11.1 Å². The molecular weight excluding hydrogens is 368 g/mol. The van der Waals surface area contributed by atoms with Crippen LogP contribution in [0.2, 0.25) is 0 Å². The summed E-state index contributed by atoms with van der Waals surface area (Å²) in [6.07, 6.45) is 5.66. The van der Waals surface area contributed by atoms with Crippen LogP contribution >= 0.6 is 0 Å². The van der Waals surface area contributed by atoms with Crippen molar-refractivity contribution in [3.05, 3.63) is 71.8 Å². The molecule has 0 saturated heterocycles. The smallest absolute Gasteiger partial charge is 0.134 e. The summed E-state index contributed by atoms with van der Waals surface area (Å²) in [6.45, 7) is 0. The Labute approximate surface area is 182 Å². The van der Waals surface area contributed by atoms with Crippen LogP contribution in [-0.4, -0.2) is 38.0 Å². The molecule has 158 valence electrons. The summed E-state index contributed by atoms with van der Waals surface area (Å²) >= 11 is 0. The summed E-state index contributed by atoms with van der Waals surface area (Å²) in [5, 5.41) is 20.0. The molecule has 2 aromatic carbocycles. The van der Waals surface area contributed by atoms with Crippen LogP contribution in [0.1, 0.15) is 49.7 Å². The molecule has 2 atom stereocenters. The zero-order valence-electron chi connectivity index (χ0n) is 18.8. The van der Waals surface area contributed by atoms with E-state index in [4.69, 9.17) is 0 Å². The molecule has 0 radical (unpaired) electrons. The summed E-state index contributed by atoms with van der Waals surface area (Å²) in [5.41, 5.74) is 0.923. The lowest BCUT2D eigenvalue weighted by Gasteiger charge is -2.35. The Morgan fingerprint density at radius 3 is 1.20 bits per heavy atom. The van der Waals surface area contributed by atoms with Gasteiger partial charge in [-0.2, -0.15) is 10.5 Å². The van der Waals surface area contributed by atoms with Crippen molar-refractivity contribution in [2.24, 2.45) is 0 Å². The quantitative estimate of drug-likeness (QED) is 0.479. The molecule has 0 aliphatic rings. The van der Waals surface area contributed by atoms with E-state index in [2.05, 4.69) is 12.1 Å². The molecule has 0 amide bonds. The van der Waals surface area contributed by atoms with Gasteiger partial charge in [0.15, 0.2) is 0 Å². The first-order chi connectivity index (χ1) is 14.4. The number of unbranched alkanes of at least 4 members (excludes halogenated alkanes) is 3. The number of hydrogen-bond donors (Lipinski definition) is 0. The highest BCUT2D eigenvalue weighted by Crippen LogP contribution is 2.34. The number of nitriles is 2. The van der Waals surface area contributed by atoms with Crippen LogP contribution in [0.15, 0.2) is 60.7 Å². The lowest BCUT2D eigenvalue weighted by Crippen LogP contribution is -2.40. The van der Waals surface area contributed by atoms with E-state index in [1.165, 1.54) is 0 Å². The van der Waals surface area contributed by atoms with Crippen LogP contribution in [0.4, 0.5) is 0 Å². The fourth-order valence-electron chi connectivity index (χ4n) is 4.24. The Kier molecular flexibility index (Phi) is 8.60. The van der Waals surface area contributed by atoms with Gasteiger partial charge in [0.25, 0.3) is 0 Å². The van der Waals surface area contributed by atoms with Gasteiger partial charge in [-0.15, -0.1) is 0 Å². The SMILES string of the molecule is CN(C)C(C#N)(CCCCCCC(C#N)(c1ccccc1)N(C)C)c1ccccc1. The van der Waals surface area contributed by atoms with Crippen molar-refractivity contribution in [3.63, 3.8) is 0 Å². The second kappa shape index (κ2) is 10.9. The Morgan fingerprint density at radius 1 is 0.600 bits per heavy atom. The third-order valence-corrected chi connectivity index (χ3v) is 6.23. The summed E-state index contributed by atoms with van der Waals surface area (Å²) in [4.78, 5) is 4.06. The first-order valence-electron chi connectivity index (χ1n) is 10.7. The molecule has 0 saturated carbocycles. The number of benzene rings is 2. The molecular formula is C26H34N4. The molecule has 2 unspecified atom stereocenters. The molecule has 4 nitrogen and oxygen atoms in total. The molecule has 0 fully saturated rings. The first kappa shape index (κ1) is 23.6. The zero-order valence-corrected chi connectivity index (χ0v) is 18.8. The summed E-state index contributed by atoms with van der Waals surface area (Å²) in [6, 6.07) is 25.3. The molecule has 30 heavy (non-hydrogen) atoms. The minimum Gasteiger partial charge on any atom is -0.288 e. The fourth-order valence-corrected chi connectivity index (χ4v) is 4.24. The molecule has 2 aromatic rings. The van der Waals surface area contributed by atoms with E-state index in [-0.39, 0.29) is 0 Å². The predicted molar refractivity (Wildman–Crippen MR) is 123 cm³/mol. The number of rotatable bonds is 11. The van der Waals surface area contributed by atoms with Gasteiger partial charge in [0.05, 0.1) is 12.1 Å². The van der Waals surface area contributed by atoms with Crippen molar-refractivity contribution in [1.82, 2.24) is 9.80 Å². The van der Waals surface area contributed by atoms with Crippen molar-refractivity contribution in [2.75, 3.05) is 28.2 Å². The van der Waals surface area contributed by atoms with Gasteiger partial charge in [-0.1, -0.05) is 86.3 Å². The maximum Gasteiger partial charge on any atom is 0.134 e. The number of hydrogen-bond acceptors (Lipinski definition) is 4. The van der Waals surface area contributed by atoms with Crippen LogP contribution < -0.4 is 0 Å². The molecule has 4 heteroatoms. The summed E-state index contributed by atoms with van der Waals surface area (Å²) in [5.74, 6) is 0. The standard InChI is InChI=1S/C26H34N4/c1-29(2)25(21-27,23-15-9-7-10-16-23)19-13-5-6-14-20-26(22-28,30(3)4)24-17-11-8-12-18-24/h7-12,15-18H,5-6,13-14,19-20H2,1-4H3. The van der Waals surface area contributed by atoms with Gasteiger partial charge in [-0.25, -0.2) is 0 Å². The molecule has 0 spiro atoms. The van der Waals surface area contributed by atoms with Crippen LogP contribution in [0.25, 0.3) is 0 Å². The highest BCUT2D eigenvalue weighted by Gasteiger charge is 2.35. The van der Waals surface area contributed by atoms with E-state index < -0.39 is 11.1 Å². The molecule has 0 bridgehead atoms. The van der Waals surface area contributed by atoms with Crippen molar-refractivity contribution >= 4 is 0 Å². The normalized spacial score (nSPS) is 15.2. The first-order valence-corrected chi connectivity index (χ1v) is 10.7. The van der Waals surface area contributed by atoms with Gasteiger partial charge in [0, 0.05) is 0 Å². The maximum atomic E-state index is 10.00. The van der Waals surface area contributed by atoms with Gasteiger partial charge in [0.2, 0.25) is 0 Å². The topological polar surface area (TPSA) is 54.1 Å². The highest BCUT2D eigenvalue weighted by molar-refractivity contribution is 5.32. The van der Waals surface area contributed by atoms with Gasteiger partial charge >= 0.3 is 0 Å². The van der Waals surface area contributed by atoms with Crippen molar-refractivity contribution in [2.45, 2.75) is 49.6 Å². The predicted octanol–water partition coefficient (Wildman–Crippen LogP) is 5.29. The van der Waals surface area contributed by atoms with E-state index in [1.54, 1.807) is 0 Å². The highest BCUT2D eigenvalue weighted by atomic mass is 15.1. The minimum atomic E-state index is -0.592. The van der Waals surface area contributed by atoms with Crippen molar-refractivity contribution in [3.8, 4) is 12.1 Å².